The topological polar surface area (TPSA) is 75.3 Å². The number of hydrogen-bond acceptors (Lipinski definition) is 3. The highest BCUT2D eigenvalue weighted by Gasteiger charge is 2.55. The molecule has 5 heteroatoms. The summed E-state index contributed by atoms with van der Waals surface area (Å²) in [6, 6.07) is 0. The van der Waals surface area contributed by atoms with Crippen molar-refractivity contribution in [2.24, 2.45) is 7.05 Å². The Bertz CT molecular complexity index is 368. The van der Waals surface area contributed by atoms with Crippen LogP contribution in [0.1, 0.15) is 18.5 Å². The number of imidazole rings is 1. The molecule has 0 saturated heterocycles. The molecule has 1 atom stereocenters. The first kappa shape index (κ1) is 9.21. The highest BCUT2D eigenvalue weighted by atomic mass is 16.4. The Morgan fingerprint density at radius 2 is 2.36 bits per heavy atom. The third-order valence-corrected chi connectivity index (χ3v) is 2.76. The molecule has 1 saturated carbocycles. The van der Waals surface area contributed by atoms with Gasteiger partial charge < -0.3 is 14.8 Å². The molecule has 1 aliphatic rings. The molecule has 5 nitrogen and oxygen atoms in total. The van der Waals surface area contributed by atoms with E-state index in [2.05, 4.69) is 4.98 Å². The Kier molecular flexibility index (Phi) is 1.85. The van der Waals surface area contributed by atoms with Crippen molar-refractivity contribution in [1.29, 1.82) is 0 Å². The standard InChI is InChI=1S/C9H12N2O3/c1-11-4-6(10-5-11)9(2-3-9)7(12)8(13)14/h4-5,7,12H,2-3H2,1H3,(H,13,14). The van der Waals surface area contributed by atoms with Gasteiger partial charge in [-0.1, -0.05) is 0 Å². The maximum Gasteiger partial charge on any atom is 0.333 e. The van der Waals surface area contributed by atoms with Crippen LogP contribution in [0, 0.1) is 0 Å². The first-order valence-corrected chi connectivity index (χ1v) is 4.45. The average molecular weight is 196 g/mol. The summed E-state index contributed by atoms with van der Waals surface area (Å²) in [4.78, 5) is 14.8. The summed E-state index contributed by atoms with van der Waals surface area (Å²) in [5, 5.41) is 18.3. The van der Waals surface area contributed by atoms with Crippen LogP contribution in [0.4, 0.5) is 0 Å². The van der Waals surface area contributed by atoms with Crippen LogP contribution < -0.4 is 0 Å². The fourth-order valence-corrected chi connectivity index (χ4v) is 1.71. The summed E-state index contributed by atoms with van der Waals surface area (Å²) in [5.41, 5.74) is 0.0440. The predicted molar refractivity (Wildman–Crippen MR) is 47.8 cm³/mol. The molecular weight excluding hydrogens is 184 g/mol. The number of aryl methyl sites for hydroxylation is 1. The molecule has 1 aromatic rings. The van der Waals surface area contributed by atoms with Crippen molar-refractivity contribution < 1.29 is 15.0 Å². The maximum absolute atomic E-state index is 10.7. The fraction of sp³-hybridized carbons (Fsp3) is 0.556. The SMILES string of the molecule is Cn1cnc(C2(C(O)C(=O)O)CC2)c1. The number of carbonyl (C=O) groups is 1. The van der Waals surface area contributed by atoms with Gasteiger partial charge in [-0.15, -0.1) is 0 Å². The molecule has 0 aliphatic heterocycles. The lowest BCUT2D eigenvalue weighted by Gasteiger charge is -2.15. The molecule has 0 spiro atoms. The second-order valence-corrected chi connectivity index (χ2v) is 3.82. The fourth-order valence-electron chi connectivity index (χ4n) is 1.71. The summed E-state index contributed by atoms with van der Waals surface area (Å²) in [5.74, 6) is -1.17. The van der Waals surface area contributed by atoms with Gasteiger partial charge in [-0.25, -0.2) is 9.78 Å². The van der Waals surface area contributed by atoms with Crippen LogP contribution in [0.25, 0.3) is 0 Å². The van der Waals surface area contributed by atoms with Crippen molar-refractivity contribution in [2.75, 3.05) is 0 Å². The van der Waals surface area contributed by atoms with Gasteiger partial charge in [0.1, 0.15) is 0 Å². The summed E-state index contributed by atoms with van der Waals surface area (Å²) in [6.07, 6.45) is 3.43. The lowest BCUT2D eigenvalue weighted by atomic mass is 9.96. The van der Waals surface area contributed by atoms with Gasteiger partial charge in [-0.3, -0.25) is 0 Å². The third-order valence-electron chi connectivity index (χ3n) is 2.76. The molecule has 2 N–H and O–H groups in total. The second kappa shape index (κ2) is 2.81. The number of aromatic nitrogens is 2. The number of hydrogen-bond donors (Lipinski definition) is 2. The Labute approximate surface area is 81.0 Å². The lowest BCUT2D eigenvalue weighted by molar-refractivity contribution is -0.148. The van der Waals surface area contributed by atoms with E-state index in [0.29, 0.717) is 18.5 Å². The molecule has 76 valence electrons. The van der Waals surface area contributed by atoms with Crippen molar-refractivity contribution in [3.63, 3.8) is 0 Å². The molecule has 2 rings (SSSR count). The van der Waals surface area contributed by atoms with E-state index in [0.717, 1.165) is 0 Å². The molecule has 0 aromatic carbocycles. The predicted octanol–water partition coefficient (Wildman–Crippen LogP) is -0.103. The number of rotatable bonds is 3. The minimum absolute atomic E-state index is 0.632. The molecule has 1 heterocycles. The van der Waals surface area contributed by atoms with Crippen molar-refractivity contribution in [3.8, 4) is 0 Å². The molecule has 1 fully saturated rings. The minimum Gasteiger partial charge on any atom is -0.479 e. The first-order chi connectivity index (χ1) is 6.56. The van der Waals surface area contributed by atoms with E-state index in [1.165, 1.54) is 0 Å². The first-order valence-electron chi connectivity index (χ1n) is 4.45. The van der Waals surface area contributed by atoms with Crippen molar-refractivity contribution in [2.45, 2.75) is 24.4 Å². The summed E-state index contributed by atoms with van der Waals surface area (Å²) in [6.45, 7) is 0. The largest absolute Gasteiger partial charge is 0.479 e. The number of aliphatic carboxylic acids is 1. The van der Waals surface area contributed by atoms with Gasteiger partial charge in [0.25, 0.3) is 0 Å². The average Bonchev–Trinajstić information content (AvgIpc) is 2.83. The molecule has 0 bridgehead atoms. The van der Waals surface area contributed by atoms with Gasteiger partial charge in [-0.05, 0) is 12.8 Å². The van der Waals surface area contributed by atoms with Gasteiger partial charge in [0.2, 0.25) is 0 Å². The highest BCUT2D eigenvalue weighted by molar-refractivity contribution is 5.75. The molecule has 14 heavy (non-hydrogen) atoms. The highest BCUT2D eigenvalue weighted by Crippen LogP contribution is 2.50. The Balaban J connectivity index is 2.29. The molecule has 1 aromatic heterocycles. The van der Waals surface area contributed by atoms with Crippen LogP contribution in [0.2, 0.25) is 0 Å². The molecule has 0 radical (unpaired) electrons. The van der Waals surface area contributed by atoms with E-state index in [4.69, 9.17) is 5.11 Å². The Hall–Kier alpha value is -1.36. The summed E-state index contributed by atoms with van der Waals surface area (Å²) >= 11 is 0. The van der Waals surface area contributed by atoms with Gasteiger partial charge in [-0.2, -0.15) is 0 Å². The van der Waals surface area contributed by atoms with E-state index >= 15 is 0 Å². The van der Waals surface area contributed by atoms with Gasteiger partial charge >= 0.3 is 5.97 Å². The monoisotopic (exact) mass is 196 g/mol. The van der Waals surface area contributed by atoms with Gasteiger partial charge in [0.05, 0.1) is 17.4 Å². The number of nitrogens with zero attached hydrogens (tertiary/aromatic N) is 2. The second-order valence-electron chi connectivity index (χ2n) is 3.82. The van der Waals surface area contributed by atoms with Crippen LogP contribution >= 0.6 is 0 Å². The number of aliphatic hydroxyl groups is 1. The van der Waals surface area contributed by atoms with E-state index in [9.17, 15) is 9.90 Å². The summed E-state index contributed by atoms with van der Waals surface area (Å²) in [7, 11) is 1.82. The molecule has 1 aliphatic carbocycles. The van der Waals surface area contributed by atoms with Crippen LogP contribution in [-0.4, -0.2) is 31.8 Å². The molecule has 0 amide bonds. The van der Waals surface area contributed by atoms with E-state index in [1.54, 1.807) is 17.1 Å². The van der Waals surface area contributed by atoms with Crippen molar-refractivity contribution in [3.05, 3.63) is 18.2 Å². The van der Waals surface area contributed by atoms with E-state index in [1.807, 2.05) is 7.05 Å². The normalized spacial score (nSPS) is 20.4. The van der Waals surface area contributed by atoms with Crippen LogP contribution in [0.3, 0.4) is 0 Å². The number of carboxylic acid groups (broad SMARTS) is 1. The maximum atomic E-state index is 10.7. The number of carboxylic acids is 1. The van der Waals surface area contributed by atoms with Crippen molar-refractivity contribution >= 4 is 5.97 Å². The Morgan fingerprint density at radius 1 is 1.71 bits per heavy atom. The zero-order chi connectivity index (χ0) is 10.3. The zero-order valence-electron chi connectivity index (χ0n) is 7.84. The quantitative estimate of drug-likeness (QED) is 0.707. The van der Waals surface area contributed by atoms with E-state index in [-0.39, 0.29) is 0 Å². The summed E-state index contributed by atoms with van der Waals surface area (Å²) < 4.78 is 1.75. The minimum atomic E-state index is -1.34. The van der Waals surface area contributed by atoms with Crippen molar-refractivity contribution in [1.82, 2.24) is 9.55 Å². The zero-order valence-corrected chi connectivity index (χ0v) is 7.84. The van der Waals surface area contributed by atoms with Crippen LogP contribution in [0.5, 0.6) is 0 Å². The molecule has 1 unspecified atom stereocenters. The van der Waals surface area contributed by atoms with Crippen LogP contribution in [0.15, 0.2) is 12.5 Å². The third kappa shape index (κ3) is 1.21. The van der Waals surface area contributed by atoms with Gasteiger partial charge in [0.15, 0.2) is 6.10 Å². The smallest absolute Gasteiger partial charge is 0.333 e. The van der Waals surface area contributed by atoms with Gasteiger partial charge in [0, 0.05) is 13.2 Å². The lowest BCUT2D eigenvalue weighted by Crippen LogP contribution is -2.34. The Morgan fingerprint density at radius 3 is 2.71 bits per heavy atom. The van der Waals surface area contributed by atoms with Crippen LogP contribution in [-0.2, 0) is 17.3 Å². The van der Waals surface area contributed by atoms with E-state index < -0.39 is 17.5 Å². The number of aliphatic hydroxyl groups excluding tert-OH is 1. The molecular formula is C9H12N2O3.